The van der Waals surface area contributed by atoms with Gasteiger partial charge in [-0.2, -0.15) is 11.8 Å². The Morgan fingerprint density at radius 2 is 1.62 bits per heavy atom. The second-order valence-corrected chi connectivity index (χ2v) is 25.3. The molecule has 8 N–H and O–H groups in total. The number of esters is 5. The van der Waals surface area contributed by atoms with Gasteiger partial charge >= 0.3 is 35.9 Å². The summed E-state index contributed by atoms with van der Waals surface area (Å²) in [5.74, 6) is -6.84. The fraction of sp³-hybridized carbons (Fsp3) is 0.525. The molecule has 8 unspecified atom stereocenters. The summed E-state index contributed by atoms with van der Waals surface area (Å²) < 4.78 is 40.0. The number of aliphatic hydroxyl groups is 1. The van der Waals surface area contributed by atoms with Crippen molar-refractivity contribution in [2.75, 3.05) is 48.0 Å². The molecule has 10 atom stereocenters. The van der Waals surface area contributed by atoms with E-state index in [4.69, 9.17) is 38.9 Å². The Morgan fingerprint density at radius 1 is 0.897 bits per heavy atom. The number of thioether (sulfide) groups is 3. The van der Waals surface area contributed by atoms with Gasteiger partial charge < -0.3 is 65.3 Å². The smallest absolute Gasteiger partial charge is 0.408 e. The molecule has 0 aromatic heterocycles. The molecule has 0 radical (unpaired) electrons. The van der Waals surface area contributed by atoms with Gasteiger partial charge in [0.05, 0.1) is 11.8 Å². The number of ether oxygens (including phenoxy) is 7. The lowest BCUT2D eigenvalue weighted by Crippen LogP contribution is -2.81. The molecule has 2 bridgehead atoms. The quantitative estimate of drug-likeness (QED) is 0.0166. The van der Waals surface area contributed by atoms with Crippen LogP contribution in [0.3, 0.4) is 0 Å². The Balaban J connectivity index is 0.894. The number of carbonyl (C=O) groups is 10. The van der Waals surface area contributed by atoms with E-state index >= 15 is 0 Å². The SMILES string of the molecule is CC(=O)OCC1OC2(OC(C)=O)CC[C@@]1(OC(C)=O)C(OC(C)=O)C2NC(=O)CCCNC(O)C(N)CSCC(=O)Nc1ccc(SCC2=C(C(=O)OC(C3=CC=CCC3)c3ccccc3)N3C(=O)[C@@H](NC(=O)CNC(=O)OC(C)(C)C)C3SC2)cc1. The summed E-state index contributed by atoms with van der Waals surface area (Å²) in [4.78, 5) is 132. The van der Waals surface area contributed by atoms with Crippen molar-refractivity contribution in [1.29, 1.82) is 0 Å². The third-order valence-corrected chi connectivity index (χ3v) is 17.7. The van der Waals surface area contributed by atoms with Crippen molar-refractivity contribution in [3.05, 3.63) is 95.2 Å². The van der Waals surface area contributed by atoms with Crippen molar-refractivity contribution in [1.82, 2.24) is 26.2 Å². The summed E-state index contributed by atoms with van der Waals surface area (Å²) in [5, 5.41) is 23.7. The van der Waals surface area contributed by atoms with Crippen molar-refractivity contribution < 1.29 is 86.2 Å². The van der Waals surface area contributed by atoms with Gasteiger partial charge in [-0.1, -0.05) is 48.6 Å². The van der Waals surface area contributed by atoms with E-state index in [-0.39, 0.29) is 55.3 Å². The molecular formula is C59H75N7O18S3. The van der Waals surface area contributed by atoms with Crippen molar-refractivity contribution in [3.63, 3.8) is 0 Å². The molecule has 4 aliphatic heterocycles. The monoisotopic (exact) mass is 1270 g/mol. The van der Waals surface area contributed by atoms with Crippen LogP contribution in [-0.4, -0.2) is 171 Å². The molecule has 0 spiro atoms. The predicted octanol–water partition coefficient (Wildman–Crippen LogP) is 3.94. The third-order valence-electron chi connectivity index (χ3n) is 14.2. The minimum Gasteiger partial charge on any atom is -0.463 e. The molecule has 2 aromatic carbocycles. The largest absolute Gasteiger partial charge is 0.463 e. The number of alkyl carbamates (subject to hydrolysis) is 1. The molecule has 2 aromatic rings. The van der Waals surface area contributed by atoms with E-state index in [1.165, 1.54) is 40.2 Å². The molecule has 25 nitrogen and oxygen atoms in total. The number of carbonyl (C=O) groups excluding carboxylic acids is 10. The van der Waals surface area contributed by atoms with Crippen LogP contribution in [0.15, 0.2) is 94.6 Å². The molecule has 87 heavy (non-hydrogen) atoms. The second kappa shape index (κ2) is 30.3. The lowest BCUT2D eigenvalue weighted by molar-refractivity contribution is -0.381. The molecule has 2 aliphatic carbocycles. The number of nitrogens with one attached hydrogen (secondary N) is 5. The summed E-state index contributed by atoms with van der Waals surface area (Å²) in [5.41, 5.74) is 6.67. The van der Waals surface area contributed by atoms with Crippen LogP contribution < -0.4 is 32.3 Å². The summed E-state index contributed by atoms with van der Waals surface area (Å²) in [6.07, 6.45) is 1.81. The van der Waals surface area contributed by atoms with Crippen LogP contribution in [0.5, 0.6) is 0 Å². The van der Waals surface area contributed by atoms with E-state index in [1.807, 2.05) is 60.7 Å². The van der Waals surface area contributed by atoms with E-state index in [0.717, 1.165) is 50.1 Å². The molecule has 6 aliphatic rings. The van der Waals surface area contributed by atoms with E-state index in [9.17, 15) is 53.1 Å². The Morgan fingerprint density at radius 3 is 2.28 bits per heavy atom. The molecule has 28 heteroatoms. The summed E-state index contributed by atoms with van der Waals surface area (Å²) in [7, 11) is 0. The molecular weight excluding hydrogens is 1190 g/mol. The van der Waals surface area contributed by atoms with Crippen LogP contribution in [-0.2, 0) is 76.3 Å². The van der Waals surface area contributed by atoms with Crippen molar-refractivity contribution in [3.8, 4) is 0 Å². The highest BCUT2D eigenvalue weighted by Crippen LogP contribution is 2.52. The molecule has 5 amide bonds. The average Bonchev–Trinajstić information content (AvgIpc) is 0.746. The summed E-state index contributed by atoms with van der Waals surface area (Å²) in [6, 6.07) is 13.3. The maximum Gasteiger partial charge on any atom is 0.408 e. The molecule has 8 rings (SSSR count). The Hall–Kier alpha value is -6.95. The number of amides is 5. The number of hydrogen-bond acceptors (Lipinski definition) is 23. The molecule has 472 valence electrons. The zero-order chi connectivity index (χ0) is 63.2. The number of anilines is 1. The topological polar surface area (TPSA) is 345 Å². The summed E-state index contributed by atoms with van der Waals surface area (Å²) in [6.45, 7) is 8.84. The van der Waals surface area contributed by atoms with Crippen LogP contribution in [0.25, 0.3) is 0 Å². The minimum absolute atomic E-state index is 0.00191. The van der Waals surface area contributed by atoms with Crippen molar-refractivity contribution >= 4 is 101 Å². The first-order chi connectivity index (χ1) is 41.3. The van der Waals surface area contributed by atoms with Crippen LogP contribution >= 0.6 is 35.3 Å². The highest BCUT2D eigenvalue weighted by Gasteiger charge is 2.72. The van der Waals surface area contributed by atoms with Gasteiger partial charge in [-0.3, -0.25) is 48.6 Å². The van der Waals surface area contributed by atoms with Gasteiger partial charge in [-0.15, -0.1) is 23.5 Å². The first-order valence-corrected chi connectivity index (χ1v) is 31.5. The zero-order valence-corrected chi connectivity index (χ0v) is 51.8. The summed E-state index contributed by atoms with van der Waals surface area (Å²) >= 11 is 4.00. The van der Waals surface area contributed by atoms with E-state index in [2.05, 4.69) is 26.6 Å². The number of fused-ring (bicyclic) bond motifs is 4. The lowest BCUT2D eigenvalue weighted by Gasteiger charge is -2.61. The molecule has 1 saturated carbocycles. The van der Waals surface area contributed by atoms with Gasteiger partial charge in [0.25, 0.3) is 5.91 Å². The maximum atomic E-state index is 14.5. The van der Waals surface area contributed by atoms with Gasteiger partial charge in [-0.05, 0) is 87.6 Å². The highest BCUT2D eigenvalue weighted by molar-refractivity contribution is 8.01. The predicted molar refractivity (Wildman–Crippen MR) is 320 cm³/mol. The third kappa shape index (κ3) is 18.1. The van der Waals surface area contributed by atoms with Crippen molar-refractivity contribution in [2.24, 2.45) is 5.73 Å². The highest BCUT2D eigenvalue weighted by atomic mass is 32.2. The number of rotatable bonds is 27. The number of allylic oxidation sites excluding steroid dienone is 3. The fourth-order valence-electron chi connectivity index (χ4n) is 10.5. The average molecular weight is 1270 g/mol. The second-order valence-electron chi connectivity index (χ2n) is 22.1. The Kier molecular flexibility index (Phi) is 23.5. The lowest BCUT2D eigenvalue weighted by atomic mass is 9.68. The zero-order valence-electron chi connectivity index (χ0n) is 49.4. The van der Waals surface area contributed by atoms with E-state index in [0.29, 0.717) is 29.2 Å². The van der Waals surface area contributed by atoms with E-state index < -0.39 is 132 Å². The van der Waals surface area contributed by atoms with E-state index in [1.54, 1.807) is 32.9 Å². The number of aliphatic hydroxyl groups excluding tert-OH is 1. The van der Waals surface area contributed by atoms with Crippen molar-refractivity contribution in [2.45, 2.75) is 157 Å². The number of nitrogens with zero attached hydrogens (tertiary/aromatic N) is 1. The molecule has 4 fully saturated rings. The van der Waals surface area contributed by atoms with Crippen LogP contribution in [0.1, 0.15) is 98.7 Å². The van der Waals surface area contributed by atoms with Crippen LogP contribution in [0.4, 0.5) is 10.5 Å². The van der Waals surface area contributed by atoms with Gasteiger partial charge in [0.15, 0.2) is 11.7 Å². The maximum absolute atomic E-state index is 14.5. The number of hydrogen-bond donors (Lipinski definition) is 7. The minimum atomic E-state index is -1.90. The number of β-lactam (4-membered cyclic amide) rings is 1. The first kappa shape index (κ1) is 67.6. The fourth-order valence-corrected chi connectivity index (χ4v) is 13.7. The number of benzene rings is 2. The van der Waals surface area contributed by atoms with Gasteiger partial charge in [0.1, 0.15) is 60.3 Å². The van der Waals surface area contributed by atoms with Crippen LogP contribution in [0.2, 0.25) is 0 Å². The van der Waals surface area contributed by atoms with Crippen LogP contribution in [0, 0.1) is 0 Å². The molecule has 4 heterocycles. The standard InChI is InChI=1S/C59H75N7O18S3/c1-33(67)78-28-43-58(81-35(3)69)24-25-59(83-43,82-36(4)70)50(51(58)79-34(2)68)65-44(71)19-14-26-61-52(74)42(60)31-85-32-46(73)63-40-20-22-41(23-21-40)86-29-39-30-87-54-47(64-45(72)27-62-56(77)84-57(5,6)7)53(75)66(54)48(39)55(76)80-49(37-15-10-8-11-16-37)38-17-12-9-13-18-38/h8-12,15-17,20-23,42-43,47,49-52,54,61,74H,13-14,18-19,24-32,60H2,1-7H3,(H,62,77)(H,63,73)(H,64,72)(H,65,71)/t42?,43?,47-,49?,50?,51?,52?,54?,58+,59?/m1/s1. The Labute approximate surface area is 516 Å². The normalized spacial score (nSPS) is 23.9. The molecule has 3 saturated heterocycles. The Bertz CT molecular complexity index is 3000. The number of nitrogens with two attached hydrogens (primary N) is 1. The van der Waals surface area contributed by atoms with Gasteiger partial charge in [0, 0.05) is 74.8 Å². The van der Waals surface area contributed by atoms with Gasteiger partial charge in [0.2, 0.25) is 23.5 Å². The van der Waals surface area contributed by atoms with Gasteiger partial charge in [-0.25, -0.2) is 9.59 Å². The first-order valence-electron chi connectivity index (χ1n) is 28.3.